The average Bonchev–Trinajstić information content (AvgIpc) is 2.54. The van der Waals surface area contributed by atoms with Crippen LogP contribution in [0, 0.1) is 13.8 Å². The second-order valence-corrected chi connectivity index (χ2v) is 4.35. The summed E-state index contributed by atoms with van der Waals surface area (Å²) < 4.78 is 0. The van der Waals surface area contributed by atoms with Crippen LogP contribution in [0.2, 0.25) is 0 Å². The van der Waals surface area contributed by atoms with Crippen LogP contribution in [0.25, 0.3) is 10.4 Å². The lowest BCUT2D eigenvalue weighted by molar-refractivity contribution is 0.0242. The third kappa shape index (κ3) is 2.90. The van der Waals surface area contributed by atoms with Crippen molar-refractivity contribution in [3.63, 3.8) is 0 Å². The van der Waals surface area contributed by atoms with Crippen LogP contribution in [0.1, 0.15) is 21.7 Å². The summed E-state index contributed by atoms with van der Waals surface area (Å²) in [6, 6.07) is 0. The Morgan fingerprint density at radius 1 is 1.53 bits per heavy atom. The minimum Gasteiger partial charge on any atom is -0.390 e. The number of aromatic nitrogens is 1. The predicted octanol–water partition coefficient (Wildman–Crippen LogP) is 1.46. The molecular weight excluding hydrogens is 216 g/mol. The molecule has 0 aliphatic rings. The van der Waals surface area contributed by atoms with E-state index in [1.165, 1.54) is 11.3 Å². The first-order valence-corrected chi connectivity index (χ1v) is 5.18. The van der Waals surface area contributed by atoms with Crippen molar-refractivity contribution in [2.75, 3.05) is 6.54 Å². The summed E-state index contributed by atoms with van der Waals surface area (Å²) in [6.45, 7) is 3.57. The van der Waals surface area contributed by atoms with Gasteiger partial charge in [0.15, 0.2) is 0 Å². The monoisotopic (exact) mass is 228 g/mol. The molecule has 6 nitrogen and oxygen atoms in total. The van der Waals surface area contributed by atoms with Gasteiger partial charge >= 0.3 is 0 Å². The topological polar surface area (TPSA) is 102 Å². The maximum Gasteiger partial charge on any atom is 0.131 e. The smallest absolute Gasteiger partial charge is 0.131 e. The largest absolute Gasteiger partial charge is 0.390 e. The number of hydrogen-bond acceptors (Lipinski definition) is 5. The van der Waals surface area contributed by atoms with Crippen molar-refractivity contribution in [3.05, 3.63) is 26.0 Å². The Labute approximate surface area is 90.8 Å². The van der Waals surface area contributed by atoms with Gasteiger partial charge in [0.25, 0.3) is 0 Å². The molecule has 0 radical (unpaired) electrons. The molecule has 2 atom stereocenters. The summed E-state index contributed by atoms with van der Waals surface area (Å²) in [5, 5.41) is 22.8. The highest BCUT2D eigenvalue weighted by molar-refractivity contribution is 7.11. The standard InChI is InChI=1S/C8H12N4O2S/c1-4-5(2)15-8(11-4)7(14)6(13)3-10-12-9/h6-7,13-14H,3H2,1-2H3. The quantitative estimate of drug-likeness (QED) is 0.463. The van der Waals surface area contributed by atoms with E-state index in [4.69, 9.17) is 5.53 Å². The number of azide groups is 1. The molecule has 1 rings (SSSR count). The molecule has 82 valence electrons. The molecule has 1 aromatic heterocycles. The van der Waals surface area contributed by atoms with E-state index in [0.717, 1.165) is 10.6 Å². The summed E-state index contributed by atoms with van der Waals surface area (Å²) in [5.74, 6) is 0. The van der Waals surface area contributed by atoms with E-state index in [9.17, 15) is 10.2 Å². The molecule has 7 heteroatoms. The highest BCUT2D eigenvalue weighted by atomic mass is 32.1. The normalized spacial score (nSPS) is 14.4. The molecule has 0 aliphatic carbocycles. The van der Waals surface area contributed by atoms with Crippen molar-refractivity contribution in [1.29, 1.82) is 0 Å². The van der Waals surface area contributed by atoms with Crippen molar-refractivity contribution in [3.8, 4) is 0 Å². The Balaban J connectivity index is 2.75. The van der Waals surface area contributed by atoms with Crippen molar-refractivity contribution < 1.29 is 10.2 Å². The Hall–Kier alpha value is -1.14. The van der Waals surface area contributed by atoms with Gasteiger partial charge in [-0.05, 0) is 19.4 Å². The summed E-state index contributed by atoms with van der Waals surface area (Å²) >= 11 is 1.33. The van der Waals surface area contributed by atoms with Gasteiger partial charge in [-0.15, -0.1) is 11.3 Å². The zero-order chi connectivity index (χ0) is 11.4. The van der Waals surface area contributed by atoms with E-state index in [-0.39, 0.29) is 6.54 Å². The number of aliphatic hydroxyl groups is 2. The molecule has 1 aromatic rings. The molecule has 0 fully saturated rings. The molecule has 0 saturated carbocycles. The minimum absolute atomic E-state index is 0.157. The number of aliphatic hydroxyl groups excluding tert-OH is 2. The zero-order valence-corrected chi connectivity index (χ0v) is 9.27. The fraction of sp³-hybridized carbons (Fsp3) is 0.625. The van der Waals surface area contributed by atoms with Crippen LogP contribution >= 0.6 is 11.3 Å². The van der Waals surface area contributed by atoms with Gasteiger partial charge in [0.05, 0.1) is 18.3 Å². The van der Waals surface area contributed by atoms with Crippen LogP contribution in [0.4, 0.5) is 0 Å². The lowest BCUT2D eigenvalue weighted by atomic mass is 10.2. The number of thiazole rings is 1. The van der Waals surface area contributed by atoms with Gasteiger partial charge in [-0.2, -0.15) is 0 Å². The van der Waals surface area contributed by atoms with Crippen LogP contribution in [0.5, 0.6) is 0 Å². The van der Waals surface area contributed by atoms with Crippen LogP contribution in [0.15, 0.2) is 5.11 Å². The molecule has 2 N–H and O–H groups in total. The second-order valence-electron chi connectivity index (χ2n) is 3.12. The molecule has 0 bridgehead atoms. The predicted molar refractivity (Wildman–Crippen MR) is 56.6 cm³/mol. The van der Waals surface area contributed by atoms with Gasteiger partial charge in [0, 0.05) is 9.79 Å². The first kappa shape index (κ1) is 11.9. The first-order valence-electron chi connectivity index (χ1n) is 4.37. The molecule has 0 spiro atoms. The van der Waals surface area contributed by atoms with E-state index in [0.29, 0.717) is 5.01 Å². The van der Waals surface area contributed by atoms with Gasteiger partial charge in [0.2, 0.25) is 0 Å². The molecule has 15 heavy (non-hydrogen) atoms. The fourth-order valence-corrected chi connectivity index (χ4v) is 1.98. The Morgan fingerprint density at radius 2 is 2.20 bits per heavy atom. The molecule has 1 heterocycles. The van der Waals surface area contributed by atoms with Crippen molar-refractivity contribution in [2.24, 2.45) is 5.11 Å². The molecule has 0 aliphatic heterocycles. The third-order valence-electron chi connectivity index (χ3n) is 1.99. The number of hydrogen-bond donors (Lipinski definition) is 2. The Kier molecular flexibility index (Phi) is 4.05. The average molecular weight is 228 g/mol. The van der Waals surface area contributed by atoms with Crippen LogP contribution in [-0.4, -0.2) is 27.8 Å². The van der Waals surface area contributed by atoms with E-state index in [1.54, 1.807) is 0 Å². The highest BCUT2D eigenvalue weighted by Gasteiger charge is 2.21. The molecule has 0 saturated heterocycles. The molecule has 0 amide bonds. The van der Waals surface area contributed by atoms with Crippen LogP contribution in [-0.2, 0) is 0 Å². The van der Waals surface area contributed by atoms with Gasteiger partial charge in [0.1, 0.15) is 11.1 Å². The maximum atomic E-state index is 9.67. The molecule has 0 aromatic carbocycles. The van der Waals surface area contributed by atoms with Gasteiger partial charge in [-0.3, -0.25) is 0 Å². The minimum atomic E-state index is -1.11. The lowest BCUT2D eigenvalue weighted by Gasteiger charge is -2.12. The summed E-state index contributed by atoms with van der Waals surface area (Å²) in [4.78, 5) is 7.62. The highest BCUT2D eigenvalue weighted by Crippen LogP contribution is 2.24. The van der Waals surface area contributed by atoms with Crippen molar-refractivity contribution in [2.45, 2.75) is 26.1 Å². The number of aryl methyl sites for hydroxylation is 2. The molecular formula is C8H12N4O2S. The zero-order valence-electron chi connectivity index (χ0n) is 8.45. The van der Waals surface area contributed by atoms with Crippen molar-refractivity contribution >= 4 is 11.3 Å². The van der Waals surface area contributed by atoms with E-state index in [2.05, 4.69) is 15.0 Å². The van der Waals surface area contributed by atoms with E-state index < -0.39 is 12.2 Å². The molecule has 2 unspecified atom stereocenters. The Morgan fingerprint density at radius 3 is 2.67 bits per heavy atom. The van der Waals surface area contributed by atoms with Gasteiger partial charge < -0.3 is 10.2 Å². The van der Waals surface area contributed by atoms with Gasteiger partial charge in [-0.25, -0.2) is 4.98 Å². The maximum absolute atomic E-state index is 9.67. The first-order chi connectivity index (χ1) is 7.06. The summed E-state index contributed by atoms with van der Waals surface area (Å²) in [6.07, 6.45) is -2.20. The lowest BCUT2D eigenvalue weighted by Crippen LogP contribution is -2.20. The van der Waals surface area contributed by atoms with Crippen molar-refractivity contribution in [1.82, 2.24) is 4.98 Å². The van der Waals surface area contributed by atoms with Gasteiger partial charge in [-0.1, -0.05) is 5.11 Å². The van der Waals surface area contributed by atoms with E-state index in [1.807, 2.05) is 13.8 Å². The summed E-state index contributed by atoms with van der Waals surface area (Å²) in [7, 11) is 0. The van der Waals surface area contributed by atoms with E-state index >= 15 is 0 Å². The number of nitrogens with zero attached hydrogens (tertiary/aromatic N) is 4. The summed E-state index contributed by atoms with van der Waals surface area (Å²) in [5.41, 5.74) is 8.91. The fourth-order valence-electron chi connectivity index (χ4n) is 1.01. The SMILES string of the molecule is Cc1nc(C(O)C(O)CN=[N+]=[N-])sc1C. The Bertz CT molecular complexity index is 366. The number of rotatable bonds is 4. The van der Waals surface area contributed by atoms with Crippen LogP contribution < -0.4 is 0 Å². The second kappa shape index (κ2) is 5.09. The van der Waals surface area contributed by atoms with Crippen LogP contribution in [0.3, 0.4) is 0 Å². The third-order valence-corrected chi connectivity index (χ3v) is 3.14.